The Morgan fingerprint density at radius 2 is 2.19 bits per heavy atom. The molecule has 4 heterocycles. The standard InChI is InChI=1S/C18H22FN7/c1-12-13(9-26(2)25-12)14-8-15-16(22-7-6-21-15)17(24-14)23-11-18(19)4-3-5-20-10-18/h6-9,20H,3-5,10-11H2,1-2H3,(H,23,24)/t18-/m0/s1. The van der Waals surface area contributed by atoms with E-state index in [1.165, 1.54) is 0 Å². The van der Waals surface area contributed by atoms with Crippen LogP contribution in [0, 0.1) is 6.92 Å². The van der Waals surface area contributed by atoms with E-state index in [0.29, 0.717) is 24.3 Å². The first kappa shape index (κ1) is 16.8. The quantitative estimate of drug-likeness (QED) is 0.747. The van der Waals surface area contributed by atoms with Gasteiger partial charge in [0.05, 0.1) is 23.4 Å². The first-order valence-corrected chi connectivity index (χ1v) is 8.80. The van der Waals surface area contributed by atoms with E-state index in [1.807, 2.05) is 26.2 Å². The molecule has 3 aromatic rings. The van der Waals surface area contributed by atoms with E-state index >= 15 is 0 Å². The summed E-state index contributed by atoms with van der Waals surface area (Å²) in [5.41, 5.74) is 2.64. The minimum atomic E-state index is -1.28. The summed E-state index contributed by atoms with van der Waals surface area (Å²) >= 11 is 0. The van der Waals surface area contributed by atoms with Gasteiger partial charge in [-0.15, -0.1) is 0 Å². The highest BCUT2D eigenvalue weighted by Crippen LogP contribution is 2.28. The van der Waals surface area contributed by atoms with Gasteiger partial charge in [-0.3, -0.25) is 9.67 Å². The molecule has 0 aromatic carbocycles. The van der Waals surface area contributed by atoms with Gasteiger partial charge in [0.25, 0.3) is 0 Å². The monoisotopic (exact) mass is 355 g/mol. The fourth-order valence-electron chi connectivity index (χ4n) is 3.41. The molecule has 1 fully saturated rings. The minimum Gasteiger partial charge on any atom is -0.365 e. The first-order valence-electron chi connectivity index (χ1n) is 8.80. The number of nitrogens with zero attached hydrogens (tertiary/aromatic N) is 5. The van der Waals surface area contributed by atoms with Gasteiger partial charge in [0.15, 0.2) is 5.82 Å². The van der Waals surface area contributed by atoms with E-state index in [-0.39, 0.29) is 6.54 Å². The average Bonchev–Trinajstić information content (AvgIpc) is 2.98. The molecular weight excluding hydrogens is 333 g/mol. The number of nitrogens with one attached hydrogen (secondary N) is 2. The van der Waals surface area contributed by atoms with Crippen LogP contribution in [0.2, 0.25) is 0 Å². The summed E-state index contributed by atoms with van der Waals surface area (Å²) in [5.74, 6) is 0.552. The fourth-order valence-corrected chi connectivity index (χ4v) is 3.41. The van der Waals surface area contributed by atoms with E-state index in [0.717, 1.165) is 35.4 Å². The number of halogens is 1. The Balaban J connectivity index is 1.71. The van der Waals surface area contributed by atoms with Crippen LogP contribution in [0.4, 0.5) is 10.2 Å². The zero-order valence-corrected chi connectivity index (χ0v) is 15.0. The zero-order chi connectivity index (χ0) is 18.1. The Labute approximate surface area is 151 Å². The average molecular weight is 355 g/mol. The summed E-state index contributed by atoms with van der Waals surface area (Å²) in [7, 11) is 1.87. The first-order chi connectivity index (χ1) is 12.5. The van der Waals surface area contributed by atoms with Gasteiger partial charge < -0.3 is 10.6 Å². The van der Waals surface area contributed by atoms with Gasteiger partial charge >= 0.3 is 0 Å². The fraction of sp³-hybridized carbons (Fsp3) is 0.444. The molecule has 0 unspecified atom stereocenters. The molecule has 1 atom stereocenters. The van der Waals surface area contributed by atoms with Crippen molar-refractivity contribution < 1.29 is 4.39 Å². The van der Waals surface area contributed by atoms with Crippen LogP contribution in [0.3, 0.4) is 0 Å². The molecule has 1 saturated heterocycles. The van der Waals surface area contributed by atoms with Gasteiger partial charge in [0.1, 0.15) is 11.2 Å². The molecule has 3 aromatic heterocycles. The molecule has 0 radical (unpaired) electrons. The molecule has 0 spiro atoms. The third kappa shape index (κ3) is 3.24. The van der Waals surface area contributed by atoms with Crippen LogP contribution < -0.4 is 10.6 Å². The molecule has 0 amide bonds. The highest BCUT2D eigenvalue weighted by molar-refractivity contribution is 5.88. The Morgan fingerprint density at radius 3 is 2.92 bits per heavy atom. The van der Waals surface area contributed by atoms with Crippen molar-refractivity contribution in [3.63, 3.8) is 0 Å². The summed E-state index contributed by atoms with van der Waals surface area (Å²) in [6.45, 7) is 3.35. The van der Waals surface area contributed by atoms with E-state index in [9.17, 15) is 4.39 Å². The second-order valence-corrected chi connectivity index (χ2v) is 6.87. The molecule has 0 saturated carbocycles. The van der Waals surface area contributed by atoms with Crippen molar-refractivity contribution in [1.29, 1.82) is 0 Å². The van der Waals surface area contributed by atoms with Crippen molar-refractivity contribution in [2.75, 3.05) is 25.0 Å². The van der Waals surface area contributed by atoms with Crippen molar-refractivity contribution in [2.45, 2.75) is 25.4 Å². The van der Waals surface area contributed by atoms with Gasteiger partial charge in [0, 0.05) is 37.7 Å². The third-order valence-corrected chi connectivity index (χ3v) is 4.74. The lowest BCUT2D eigenvalue weighted by Crippen LogP contribution is -2.46. The van der Waals surface area contributed by atoms with E-state index in [1.54, 1.807) is 17.1 Å². The van der Waals surface area contributed by atoms with Crippen LogP contribution in [0.1, 0.15) is 18.5 Å². The number of piperidine rings is 1. The number of fused-ring (bicyclic) bond motifs is 1. The zero-order valence-electron chi connectivity index (χ0n) is 15.0. The van der Waals surface area contributed by atoms with Crippen LogP contribution in [0.5, 0.6) is 0 Å². The smallest absolute Gasteiger partial charge is 0.155 e. The molecular formula is C18H22FN7. The lowest BCUT2D eigenvalue weighted by atomic mass is 9.96. The summed E-state index contributed by atoms with van der Waals surface area (Å²) in [6, 6.07) is 1.89. The normalized spacial score (nSPS) is 20.4. The number of alkyl halides is 1. The summed E-state index contributed by atoms with van der Waals surface area (Å²) in [6.07, 6.45) is 6.57. The van der Waals surface area contributed by atoms with E-state index in [4.69, 9.17) is 4.98 Å². The molecule has 2 N–H and O–H groups in total. The van der Waals surface area contributed by atoms with Crippen molar-refractivity contribution in [3.05, 3.63) is 30.4 Å². The van der Waals surface area contributed by atoms with Crippen molar-refractivity contribution in [1.82, 2.24) is 30.0 Å². The van der Waals surface area contributed by atoms with Gasteiger partial charge in [-0.1, -0.05) is 0 Å². The lowest BCUT2D eigenvalue weighted by Gasteiger charge is -2.30. The number of aryl methyl sites for hydroxylation is 2. The highest BCUT2D eigenvalue weighted by atomic mass is 19.1. The van der Waals surface area contributed by atoms with E-state index in [2.05, 4.69) is 25.7 Å². The SMILES string of the molecule is Cc1nn(C)cc1-c1cc2nccnc2c(NC[C@]2(F)CCCNC2)n1. The predicted molar refractivity (Wildman–Crippen MR) is 98.7 cm³/mol. The van der Waals surface area contributed by atoms with Crippen molar-refractivity contribution in [2.24, 2.45) is 7.05 Å². The summed E-state index contributed by atoms with van der Waals surface area (Å²) in [4.78, 5) is 13.5. The molecule has 1 aliphatic rings. The number of pyridine rings is 1. The molecule has 4 rings (SSSR count). The maximum atomic E-state index is 14.9. The van der Waals surface area contributed by atoms with Gasteiger partial charge in [-0.2, -0.15) is 5.10 Å². The second kappa shape index (κ2) is 6.60. The summed E-state index contributed by atoms with van der Waals surface area (Å²) in [5, 5.41) is 10.7. The van der Waals surface area contributed by atoms with Gasteiger partial charge in [-0.25, -0.2) is 14.4 Å². The maximum Gasteiger partial charge on any atom is 0.155 e. The predicted octanol–water partition coefficient (Wildman–Crippen LogP) is 2.24. The van der Waals surface area contributed by atoms with Crippen LogP contribution in [0.15, 0.2) is 24.7 Å². The van der Waals surface area contributed by atoms with Crippen molar-refractivity contribution >= 4 is 16.9 Å². The molecule has 1 aliphatic heterocycles. The van der Waals surface area contributed by atoms with Gasteiger partial charge in [0.2, 0.25) is 0 Å². The third-order valence-electron chi connectivity index (χ3n) is 4.74. The Morgan fingerprint density at radius 1 is 1.35 bits per heavy atom. The molecule has 0 aliphatic carbocycles. The minimum absolute atomic E-state index is 0.189. The number of aromatic nitrogens is 5. The van der Waals surface area contributed by atoms with Crippen LogP contribution in [-0.2, 0) is 7.05 Å². The number of hydrogen-bond acceptors (Lipinski definition) is 6. The number of hydrogen-bond donors (Lipinski definition) is 2. The topological polar surface area (TPSA) is 80.5 Å². The Hall–Kier alpha value is -2.61. The Kier molecular flexibility index (Phi) is 4.28. The maximum absolute atomic E-state index is 14.9. The molecule has 7 nitrogen and oxygen atoms in total. The molecule has 26 heavy (non-hydrogen) atoms. The summed E-state index contributed by atoms with van der Waals surface area (Å²) < 4.78 is 16.7. The number of anilines is 1. The number of rotatable bonds is 4. The highest BCUT2D eigenvalue weighted by Gasteiger charge is 2.31. The van der Waals surface area contributed by atoms with Crippen LogP contribution in [0.25, 0.3) is 22.3 Å². The van der Waals surface area contributed by atoms with Crippen molar-refractivity contribution in [3.8, 4) is 11.3 Å². The van der Waals surface area contributed by atoms with Gasteiger partial charge in [-0.05, 0) is 32.4 Å². The molecule has 136 valence electrons. The Bertz CT molecular complexity index is 930. The molecule has 8 heteroatoms. The van der Waals surface area contributed by atoms with E-state index < -0.39 is 5.67 Å². The molecule has 0 bridgehead atoms. The largest absolute Gasteiger partial charge is 0.365 e. The lowest BCUT2D eigenvalue weighted by molar-refractivity contribution is 0.137. The second-order valence-electron chi connectivity index (χ2n) is 6.87. The van der Waals surface area contributed by atoms with Crippen LogP contribution >= 0.6 is 0 Å². The van der Waals surface area contributed by atoms with Crippen LogP contribution in [-0.4, -0.2) is 50.0 Å².